The molecule has 1 aliphatic heterocycles. The first-order valence-electron chi connectivity index (χ1n) is 11.1. The molecule has 0 atom stereocenters. The molecule has 1 fully saturated rings. The molecule has 1 aliphatic rings. The third-order valence-electron chi connectivity index (χ3n) is 6.42. The Hall–Kier alpha value is -3.39. The molecule has 33 heavy (non-hydrogen) atoms. The Balaban J connectivity index is 1.22. The molecule has 0 saturated carbocycles. The molecule has 5 rings (SSSR count). The number of nitrogens with one attached hydrogen (secondary N) is 1. The molecular weight excluding hydrogens is 434 g/mol. The molecule has 2 aromatic heterocycles. The van der Waals surface area contributed by atoms with E-state index in [0.717, 1.165) is 64.3 Å². The molecule has 1 saturated heterocycles. The quantitative estimate of drug-likeness (QED) is 0.456. The second kappa shape index (κ2) is 8.86. The molecule has 2 aromatic carbocycles. The lowest BCUT2D eigenvalue weighted by molar-refractivity contribution is -0.120. The fraction of sp³-hybridized carbons (Fsp3) is 0.320. The van der Waals surface area contributed by atoms with Crippen LogP contribution in [0.25, 0.3) is 16.2 Å². The SMILES string of the molecule is COc1ccc(-c2cn3nc(N4CCC(C(=O)Nc5cccc(C)c5C)CC4)sc3n2)cc1. The van der Waals surface area contributed by atoms with E-state index in [1.54, 1.807) is 18.4 Å². The van der Waals surface area contributed by atoms with Crippen LogP contribution in [0, 0.1) is 19.8 Å². The van der Waals surface area contributed by atoms with Crippen LogP contribution < -0.4 is 15.0 Å². The largest absolute Gasteiger partial charge is 0.497 e. The lowest BCUT2D eigenvalue weighted by Crippen LogP contribution is -2.38. The van der Waals surface area contributed by atoms with Gasteiger partial charge in [0.2, 0.25) is 16.0 Å². The molecule has 0 spiro atoms. The first kappa shape index (κ1) is 21.5. The summed E-state index contributed by atoms with van der Waals surface area (Å²) in [6.45, 7) is 5.74. The van der Waals surface area contributed by atoms with Gasteiger partial charge in [-0.15, -0.1) is 5.10 Å². The minimum Gasteiger partial charge on any atom is -0.497 e. The van der Waals surface area contributed by atoms with Crippen molar-refractivity contribution in [1.82, 2.24) is 14.6 Å². The van der Waals surface area contributed by atoms with Crippen molar-refractivity contribution in [2.45, 2.75) is 26.7 Å². The number of hydrogen-bond donors (Lipinski definition) is 1. The van der Waals surface area contributed by atoms with Crippen LogP contribution in [0.3, 0.4) is 0 Å². The van der Waals surface area contributed by atoms with Crippen LogP contribution in [0.4, 0.5) is 10.8 Å². The third-order valence-corrected chi connectivity index (χ3v) is 7.40. The number of aromatic nitrogens is 3. The summed E-state index contributed by atoms with van der Waals surface area (Å²) in [6.07, 6.45) is 3.59. The predicted octanol–water partition coefficient (Wildman–Crippen LogP) is 4.94. The molecule has 3 heterocycles. The van der Waals surface area contributed by atoms with Crippen LogP contribution in [0.2, 0.25) is 0 Å². The maximum absolute atomic E-state index is 12.8. The van der Waals surface area contributed by atoms with Gasteiger partial charge in [-0.3, -0.25) is 4.79 Å². The summed E-state index contributed by atoms with van der Waals surface area (Å²) < 4.78 is 7.07. The fourth-order valence-corrected chi connectivity index (χ4v) is 5.11. The third kappa shape index (κ3) is 4.30. The van der Waals surface area contributed by atoms with E-state index in [2.05, 4.69) is 23.2 Å². The highest BCUT2D eigenvalue weighted by molar-refractivity contribution is 7.20. The van der Waals surface area contributed by atoms with Gasteiger partial charge in [0.05, 0.1) is 19.0 Å². The molecule has 0 aliphatic carbocycles. The number of carbonyl (C=O) groups excluding carboxylic acids is 1. The second-order valence-corrected chi connectivity index (χ2v) is 9.40. The molecule has 7 nitrogen and oxygen atoms in total. The highest BCUT2D eigenvalue weighted by Crippen LogP contribution is 2.30. The average molecular weight is 462 g/mol. The van der Waals surface area contributed by atoms with Crippen LogP contribution in [0.5, 0.6) is 5.75 Å². The summed E-state index contributed by atoms with van der Waals surface area (Å²) in [5.74, 6) is 0.958. The Morgan fingerprint density at radius 3 is 2.58 bits per heavy atom. The van der Waals surface area contributed by atoms with Gasteiger partial charge in [0.1, 0.15) is 5.75 Å². The van der Waals surface area contributed by atoms with E-state index >= 15 is 0 Å². The summed E-state index contributed by atoms with van der Waals surface area (Å²) in [6, 6.07) is 13.9. The van der Waals surface area contributed by atoms with Gasteiger partial charge in [-0.25, -0.2) is 9.50 Å². The van der Waals surface area contributed by atoms with Crippen molar-refractivity contribution in [3.63, 3.8) is 0 Å². The number of rotatable bonds is 5. The van der Waals surface area contributed by atoms with Gasteiger partial charge in [0.15, 0.2) is 0 Å². The predicted molar refractivity (Wildman–Crippen MR) is 132 cm³/mol. The maximum atomic E-state index is 12.8. The summed E-state index contributed by atoms with van der Waals surface area (Å²) in [5.41, 5.74) is 5.15. The van der Waals surface area contributed by atoms with Crippen molar-refractivity contribution in [2.24, 2.45) is 5.92 Å². The van der Waals surface area contributed by atoms with Gasteiger partial charge < -0.3 is 15.0 Å². The van der Waals surface area contributed by atoms with Crippen LogP contribution in [-0.2, 0) is 4.79 Å². The van der Waals surface area contributed by atoms with Crippen LogP contribution >= 0.6 is 11.3 Å². The maximum Gasteiger partial charge on any atom is 0.227 e. The number of nitrogens with zero attached hydrogens (tertiary/aromatic N) is 4. The summed E-state index contributed by atoms with van der Waals surface area (Å²) in [7, 11) is 1.66. The molecular formula is C25H27N5O2S. The normalized spacial score (nSPS) is 14.6. The number of hydrogen-bond acceptors (Lipinski definition) is 6. The van der Waals surface area contributed by atoms with E-state index in [4.69, 9.17) is 14.8 Å². The molecule has 1 amide bonds. The molecule has 0 bridgehead atoms. The van der Waals surface area contributed by atoms with Crippen molar-refractivity contribution in [3.8, 4) is 17.0 Å². The van der Waals surface area contributed by atoms with E-state index in [-0.39, 0.29) is 11.8 Å². The molecule has 4 aromatic rings. The Morgan fingerprint density at radius 2 is 1.88 bits per heavy atom. The van der Waals surface area contributed by atoms with Crippen LogP contribution in [0.15, 0.2) is 48.7 Å². The number of methoxy groups -OCH3 is 1. The van der Waals surface area contributed by atoms with Crippen LogP contribution in [-0.4, -0.2) is 40.7 Å². The lowest BCUT2D eigenvalue weighted by Gasteiger charge is -2.30. The lowest BCUT2D eigenvalue weighted by atomic mass is 9.96. The van der Waals surface area contributed by atoms with E-state index < -0.39 is 0 Å². The number of anilines is 2. The van der Waals surface area contributed by atoms with Crippen molar-refractivity contribution >= 4 is 33.0 Å². The topological polar surface area (TPSA) is 71.8 Å². The molecule has 170 valence electrons. The smallest absolute Gasteiger partial charge is 0.227 e. The van der Waals surface area contributed by atoms with Crippen molar-refractivity contribution in [1.29, 1.82) is 0 Å². The number of fused-ring (bicyclic) bond motifs is 1. The second-order valence-electron chi connectivity index (χ2n) is 8.46. The first-order chi connectivity index (χ1) is 16.0. The van der Waals surface area contributed by atoms with E-state index in [9.17, 15) is 4.79 Å². The summed E-state index contributed by atoms with van der Waals surface area (Å²) in [4.78, 5) is 20.7. The monoisotopic (exact) mass is 461 g/mol. The highest BCUT2D eigenvalue weighted by atomic mass is 32.1. The zero-order valence-corrected chi connectivity index (χ0v) is 19.9. The number of benzene rings is 2. The number of imidazole rings is 1. The van der Waals surface area contributed by atoms with Crippen molar-refractivity contribution in [3.05, 3.63) is 59.8 Å². The Morgan fingerprint density at radius 1 is 1.12 bits per heavy atom. The van der Waals surface area contributed by atoms with Gasteiger partial charge in [-0.05, 0) is 68.1 Å². The van der Waals surface area contributed by atoms with Gasteiger partial charge in [0, 0.05) is 30.3 Å². The Bertz CT molecular complexity index is 1250. The number of carbonyl (C=O) groups is 1. The van der Waals surface area contributed by atoms with Crippen molar-refractivity contribution in [2.75, 3.05) is 30.4 Å². The average Bonchev–Trinajstić information content (AvgIpc) is 3.42. The minimum atomic E-state index is 0.0203. The standard InChI is InChI=1S/C25H27N5O2S/c1-16-5-4-6-21(17(16)2)26-23(31)19-11-13-29(14-12-19)25-28-30-15-22(27-24(30)33-25)18-7-9-20(32-3)10-8-18/h4-10,15,19H,11-14H2,1-3H3,(H,26,31). The Kier molecular flexibility index (Phi) is 5.76. The molecule has 0 unspecified atom stereocenters. The number of amides is 1. The first-order valence-corrected chi connectivity index (χ1v) is 12.0. The summed E-state index contributed by atoms with van der Waals surface area (Å²) in [5, 5.41) is 8.83. The Labute approximate surface area is 197 Å². The van der Waals surface area contributed by atoms with E-state index in [1.807, 2.05) is 54.0 Å². The number of ether oxygens (including phenoxy) is 1. The van der Waals surface area contributed by atoms with Crippen molar-refractivity contribution < 1.29 is 9.53 Å². The van der Waals surface area contributed by atoms with E-state index in [1.165, 1.54) is 5.56 Å². The molecule has 8 heteroatoms. The van der Waals surface area contributed by atoms with Gasteiger partial charge in [-0.1, -0.05) is 23.5 Å². The van der Waals surface area contributed by atoms with E-state index in [0.29, 0.717) is 0 Å². The van der Waals surface area contributed by atoms with Gasteiger partial charge in [0.25, 0.3) is 0 Å². The number of aryl methyl sites for hydroxylation is 1. The fourth-order valence-electron chi connectivity index (χ4n) is 4.17. The highest BCUT2D eigenvalue weighted by Gasteiger charge is 2.27. The van der Waals surface area contributed by atoms with Gasteiger partial charge >= 0.3 is 0 Å². The molecule has 0 radical (unpaired) electrons. The zero-order chi connectivity index (χ0) is 22.9. The molecule has 1 N–H and O–H groups in total. The number of piperidine rings is 1. The van der Waals surface area contributed by atoms with Gasteiger partial charge in [-0.2, -0.15) is 0 Å². The minimum absolute atomic E-state index is 0.0203. The summed E-state index contributed by atoms with van der Waals surface area (Å²) >= 11 is 1.58. The van der Waals surface area contributed by atoms with Crippen LogP contribution in [0.1, 0.15) is 24.0 Å². The zero-order valence-electron chi connectivity index (χ0n) is 19.0.